The topological polar surface area (TPSA) is 105 Å². The molecule has 3 rings (SSSR count). The van der Waals surface area contributed by atoms with Gasteiger partial charge >= 0.3 is 0 Å². The third kappa shape index (κ3) is 10.7. The molecule has 282 valence electrons. The number of ketones is 2. The number of hydrogen-bond donors (Lipinski definition) is 1. The highest BCUT2D eigenvalue weighted by Gasteiger charge is 2.44. The van der Waals surface area contributed by atoms with Crippen molar-refractivity contribution < 1.29 is 28.7 Å². The second-order valence-electron chi connectivity index (χ2n) is 15.6. The molecular weight excluding hydrogens is 630 g/mol. The van der Waals surface area contributed by atoms with Crippen LogP contribution in [0.4, 0.5) is 0 Å². The van der Waals surface area contributed by atoms with Gasteiger partial charge in [-0.2, -0.15) is 0 Å². The van der Waals surface area contributed by atoms with E-state index in [1.807, 2.05) is 44.7 Å². The number of carbonyl (C=O) groups excluding carboxylic acids is 4. The summed E-state index contributed by atoms with van der Waals surface area (Å²) in [5, 5.41) is 3.35. The van der Waals surface area contributed by atoms with Gasteiger partial charge in [-0.1, -0.05) is 77.5 Å². The lowest BCUT2D eigenvalue weighted by Gasteiger charge is -2.41. The minimum atomic E-state index is -0.584. The Labute approximate surface area is 302 Å². The Morgan fingerprint density at radius 2 is 1.66 bits per heavy atom. The molecule has 50 heavy (non-hydrogen) atoms. The quantitative estimate of drug-likeness (QED) is 0.159. The maximum atomic E-state index is 14.2. The number of likely N-dealkylation sites (N-methyl/N-ethyl adjacent to an activating group) is 1. The maximum absolute atomic E-state index is 14.2. The molecular formula is C41H67N3O6. The first-order valence-corrected chi connectivity index (χ1v) is 19.2. The SMILES string of the molecule is CC[C@H](C)[C@@H]([C@@H](CC(=O)N1CCC[C@H]1[C@H](OC)[C@@H](C)C(=O)CCCC1C=CC=CC=C1)OC)N(C)C(=O)[C@@H](CC(=O)[C@]1(C)CCCN1)C(C)C. The van der Waals surface area contributed by atoms with Crippen molar-refractivity contribution in [1.82, 2.24) is 15.1 Å². The molecule has 0 radical (unpaired) electrons. The van der Waals surface area contributed by atoms with Crippen molar-refractivity contribution in [3.05, 3.63) is 36.5 Å². The van der Waals surface area contributed by atoms with Crippen molar-refractivity contribution in [2.45, 2.75) is 136 Å². The highest BCUT2D eigenvalue weighted by Crippen LogP contribution is 2.32. The van der Waals surface area contributed by atoms with E-state index in [0.717, 1.165) is 51.5 Å². The molecule has 9 nitrogen and oxygen atoms in total. The molecule has 0 saturated carbocycles. The first-order chi connectivity index (χ1) is 23.8. The first-order valence-electron chi connectivity index (χ1n) is 19.2. The molecule has 9 heteroatoms. The summed E-state index contributed by atoms with van der Waals surface area (Å²) < 4.78 is 12.0. The van der Waals surface area contributed by atoms with Crippen LogP contribution in [0.5, 0.6) is 0 Å². The monoisotopic (exact) mass is 698 g/mol. The Hall–Kier alpha value is -2.62. The highest BCUT2D eigenvalue weighted by molar-refractivity contribution is 5.92. The number of nitrogens with zero attached hydrogens (tertiary/aromatic N) is 2. The van der Waals surface area contributed by atoms with E-state index in [-0.39, 0.29) is 66.1 Å². The van der Waals surface area contributed by atoms with Gasteiger partial charge in [-0.25, -0.2) is 0 Å². The summed E-state index contributed by atoms with van der Waals surface area (Å²) in [6.45, 7) is 13.5. The first kappa shape index (κ1) is 41.8. The molecule has 2 aliphatic heterocycles. The van der Waals surface area contributed by atoms with Crippen LogP contribution in [-0.4, -0.2) is 97.4 Å². The summed E-state index contributed by atoms with van der Waals surface area (Å²) in [6, 6.07) is -0.558. The zero-order chi connectivity index (χ0) is 37.0. The smallest absolute Gasteiger partial charge is 0.226 e. The lowest BCUT2D eigenvalue weighted by atomic mass is 9.82. The number of allylic oxidation sites excluding steroid dienone is 6. The number of carbonyl (C=O) groups is 4. The van der Waals surface area contributed by atoms with E-state index in [4.69, 9.17) is 9.47 Å². The van der Waals surface area contributed by atoms with Crippen LogP contribution < -0.4 is 5.32 Å². The fraction of sp³-hybridized carbons (Fsp3) is 0.756. The highest BCUT2D eigenvalue weighted by atomic mass is 16.5. The van der Waals surface area contributed by atoms with Crippen LogP contribution in [0.2, 0.25) is 0 Å². The van der Waals surface area contributed by atoms with Crippen LogP contribution >= 0.6 is 0 Å². The Kier molecular flexibility index (Phi) is 16.6. The fourth-order valence-corrected chi connectivity index (χ4v) is 8.31. The standard InChI is InChI=1S/C41H67N3O6/c1-10-29(4)38(43(7)40(48)32(28(2)3)26-36(46)41(6)23-17-24-42-41)35(49-8)27-37(47)44-25-16-21-33(44)39(50-9)30(5)34(45)22-15-20-31-18-13-11-12-14-19-31/h11-14,18-19,28-33,35,38-39,42H,10,15-17,20-27H2,1-9H3/t29-,30-,32-,33-,35+,38-,39+,41-/m0/s1. The van der Waals surface area contributed by atoms with Crippen LogP contribution in [-0.2, 0) is 28.7 Å². The fourth-order valence-electron chi connectivity index (χ4n) is 8.31. The minimum Gasteiger partial charge on any atom is -0.379 e. The summed E-state index contributed by atoms with van der Waals surface area (Å²) in [7, 11) is 5.05. The van der Waals surface area contributed by atoms with Crippen molar-refractivity contribution in [2.24, 2.45) is 29.6 Å². The Bertz CT molecular complexity index is 1200. The molecule has 3 aliphatic rings. The number of Topliss-reactive ketones (excluding diaryl/α,β-unsaturated/α-hetero) is 2. The van der Waals surface area contributed by atoms with E-state index in [9.17, 15) is 19.2 Å². The lowest BCUT2D eigenvalue weighted by Crippen LogP contribution is -2.54. The number of hydrogen-bond acceptors (Lipinski definition) is 7. The van der Waals surface area contributed by atoms with Crippen LogP contribution in [0.15, 0.2) is 36.5 Å². The van der Waals surface area contributed by atoms with E-state index in [0.29, 0.717) is 18.9 Å². The second-order valence-corrected chi connectivity index (χ2v) is 15.6. The predicted molar refractivity (Wildman–Crippen MR) is 199 cm³/mol. The molecule has 1 aliphatic carbocycles. The van der Waals surface area contributed by atoms with Gasteiger partial charge in [0.25, 0.3) is 0 Å². The summed E-state index contributed by atoms with van der Waals surface area (Å²) in [5.41, 5.74) is -0.584. The third-order valence-electron chi connectivity index (χ3n) is 11.9. The number of rotatable bonds is 20. The maximum Gasteiger partial charge on any atom is 0.226 e. The number of ether oxygens (including phenoxy) is 2. The molecule has 0 aromatic rings. The van der Waals surface area contributed by atoms with Crippen LogP contribution in [0, 0.1) is 29.6 Å². The molecule has 1 N–H and O–H groups in total. The summed E-state index contributed by atoms with van der Waals surface area (Å²) in [4.78, 5) is 58.8. The van der Waals surface area contributed by atoms with Gasteiger partial charge in [0, 0.05) is 52.5 Å². The average Bonchev–Trinajstić information content (AvgIpc) is 3.69. The van der Waals surface area contributed by atoms with E-state index in [2.05, 4.69) is 43.5 Å². The van der Waals surface area contributed by atoms with Gasteiger partial charge in [0.2, 0.25) is 11.8 Å². The molecule has 2 saturated heterocycles. The second kappa shape index (κ2) is 19.8. The van der Waals surface area contributed by atoms with Gasteiger partial charge in [0.05, 0.1) is 36.3 Å². The van der Waals surface area contributed by atoms with Gasteiger partial charge in [-0.15, -0.1) is 0 Å². The predicted octanol–water partition coefficient (Wildman–Crippen LogP) is 6.32. The number of nitrogens with one attached hydrogen (secondary N) is 1. The Morgan fingerprint density at radius 3 is 2.22 bits per heavy atom. The van der Waals surface area contributed by atoms with Gasteiger partial charge in [-0.3, -0.25) is 19.2 Å². The van der Waals surface area contributed by atoms with E-state index in [1.165, 1.54) is 0 Å². The van der Waals surface area contributed by atoms with Gasteiger partial charge in [0.15, 0.2) is 5.78 Å². The molecule has 0 spiro atoms. The molecule has 2 fully saturated rings. The largest absolute Gasteiger partial charge is 0.379 e. The molecule has 2 heterocycles. The van der Waals surface area contributed by atoms with Crippen LogP contribution in [0.1, 0.15) is 106 Å². The molecule has 2 amide bonds. The average molecular weight is 698 g/mol. The van der Waals surface area contributed by atoms with E-state index < -0.39 is 23.7 Å². The van der Waals surface area contributed by atoms with E-state index in [1.54, 1.807) is 26.2 Å². The van der Waals surface area contributed by atoms with Crippen molar-refractivity contribution >= 4 is 23.4 Å². The van der Waals surface area contributed by atoms with Gasteiger partial charge in [0.1, 0.15) is 5.78 Å². The zero-order valence-electron chi connectivity index (χ0n) is 32.5. The van der Waals surface area contributed by atoms with Crippen molar-refractivity contribution in [2.75, 3.05) is 34.4 Å². The Morgan fingerprint density at radius 1 is 0.980 bits per heavy atom. The van der Waals surface area contributed by atoms with Crippen molar-refractivity contribution in [3.8, 4) is 0 Å². The van der Waals surface area contributed by atoms with Crippen molar-refractivity contribution in [3.63, 3.8) is 0 Å². The zero-order valence-corrected chi connectivity index (χ0v) is 32.5. The normalized spacial score (nSPS) is 24.5. The minimum absolute atomic E-state index is 0.0251. The van der Waals surface area contributed by atoms with Crippen LogP contribution in [0.3, 0.4) is 0 Å². The summed E-state index contributed by atoms with van der Waals surface area (Å²) >= 11 is 0. The number of amides is 2. The lowest BCUT2D eigenvalue weighted by molar-refractivity contribution is -0.149. The molecule has 0 aromatic heterocycles. The Balaban J connectivity index is 1.70. The number of likely N-dealkylation sites (tertiary alicyclic amines) is 1. The van der Waals surface area contributed by atoms with Crippen LogP contribution in [0.25, 0.3) is 0 Å². The summed E-state index contributed by atoms with van der Waals surface area (Å²) in [6.07, 6.45) is 18.2. The van der Waals surface area contributed by atoms with Gasteiger partial charge < -0.3 is 24.6 Å². The summed E-state index contributed by atoms with van der Waals surface area (Å²) in [5.74, 6) is -0.330. The molecule has 0 aromatic carbocycles. The van der Waals surface area contributed by atoms with Crippen molar-refractivity contribution in [1.29, 1.82) is 0 Å². The van der Waals surface area contributed by atoms with Gasteiger partial charge in [-0.05, 0) is 69.7 Å². The third-order valence-corrected chi connectivity index (χ3v) is 11.9. The molecule has 0 unspecified atom stereocenters. The van der Waals surface area contributed by atoms with E-state index >= 15 is 0 Å². The molecule has 0 bridgehead atoms. The number of methoxy groups -OCH3 is 2. The molecule has 8 atom stereocenters.